The first-order chi connectivity index (χ1) is 17.0. The van der Waals surface area contributed by atoms with Gasteiger partial charge in [0.1, 0.15) is 29.0 Å². The van der Waals surface area contributed by atoms with Crippen molar-refractivity contribution >= 4 is 28.9 Å². The molecule has 7 nitrogen and oxygen atoms in total. The van der Waals surface area contributed by atoms with Crippen LogP contribution in [0.4, 0.5) is 23.0 Å². The van der Waals surface area contributed by atoms with E-state index in [2.05, 4.69) is 39.3 Å². The zero-order valence-electron chi connectivity index (χ0n) is 20.2. The lowest BCUT2D eigenvalue weighted by atomic mass is 10.2. The van der Waals surface area contributed by atoms with Crippen LogP contribution in [0.3, 0.4) is 0 Å². The second-order valence-corrected chi connectivity index (χ2v) is 7.93. The van der Waals surface area contributed by atoms with Gasteiger partial charge in [0.25, 0.3) is 5.91 Å². The molecule has 0 aliphatic rings. The molecule has 4 rings (SSSR count). The summed E-state index contributed by atoms with van der Waals surface area (Å²) in [5.74, 6) is 3.57. The monoisotopic (exact) mass is 467 g/mol. The first-order valence-electron chi connectivity index (χ1n) is 11.7. The number of aryl methyl sites for hydroxylation is 1. The van der Waals surface area contributed by atoms with Gasteiger partial charge in [-0.25, -0.2) is 9.97 Å². The standard InChI is InChI=1S/C28H29N5O2/c1-4-33(5-2)27-19-26(29-20(3)30-27)31-22-13-15-23(16-14-22)32-28(34)21-11-17-25(18-12-21)35-24-9-7-6-8-10-24/h6-19H,4-5H2,1-3H3,(H,32,34)(H,29,30,31). The van der Waals surface area contributed by atoms with Crippen molar-refractivity contribution in [1.82, 2.24) is 9.97 Å². The van der Waals surface area contributed by atoms with Crippen LogP contribution in [-0.2, 0) is 0 Å². The van der Waals surface area contributed by atoms with Crippen molar-refractivity contribution < 1.29 is 9.53 Å². The fraction of sp³-hybridized carbons (Fsp3) is 0.179. The van der Waals surface area contributed by atoms with Gasteiger partial charge in [-0.15, -0.1) is 0 Å². The Kier molecular flexibility index (Phi) is 7.57. The highest BCUT2D eigenvalue weighted by Crippen LogP contribution is 2.23. The van der Waals surface area contributed by atoms with Gasteiger partial charge in [0, 0.05) is 36.1 Å². The quantitative estimate of drug-likeness (QED) is 0.296. The molecule has 1 aromatic heterocycles. The van der Waals surface area contributed by atoms with Crippen molar-refractivity contribution in [1.29, 1.82) is 0 Å². The molecule has 1 heterocycles. The molecule has 2 N–H and O–H groups in total. The summed E-state index contributed by atoms with van der Waals surface area (Å²) in [6.45, 7) is 7.85. The second-order valence-electron chi connectivity index (χ2n) is 7.93. The molecule has 0 atom stereocenters. The van der Waals surface area contributed by atoms with Crippen molar-refractivity contribution in [3.63, 3.8) is 0 Å². The number of aromatic nitrogens is 2. The van der Waals surface area contributed by atoms with E-state index in [1.165, 1.54) is 0 Å². The summed E-state index contributed by atoms with van der Waals surface area (Å²) in [5.41, 5.74) is 2.12. The number of hydrogen-bond acceptors (Lipinski definition) is 6. The van der Waals surface area contributed by atoms with E-state index in [0.717, 1.165) is 36.2 Å². The normalized spacial score (nSPS) is 10.5. The molecule has 0 fully saturated rings. The number of benzene rings is 3. The van der Waals surface area contributed by atoms with Crippen LogP contribution in [-0.4, -0.2) is 29.0 Å². The number of carbonyl (C=O) groups is 1. The minimum absolute atomic E-state index is 0.188. The Hall–Kier alpha value is -4.39. The lowest BCUT2D eigenvalue weighted by molar-refractivity contribution is 0.102. The number of carbonyl (C=O) groups excluding carboxylic acids is 1. The summed E-state index contributed by atoms with van der Waals surface area (Å²) in [6, 6.07) is 26.0. The van der Waals surface area contributed by atoms with E-state index >= 15 is 0 Å². The van der Waals surface area contributed by atoms with E-state index in [0.29, 0.717) is 22.8 Å². The number of anilines is 4. The molecule has 178 valence electrons. The van der Waals surface area contributed by atoms with Crippen LogP contribution in [0.15, 0.2) is 84.9 Å². The first-order valence-corrected chi connectivity index (χ1v) is 11.7. The van der Waals surface area contributed by atoms with Gasteiger partial charge in [0.15, 0.2) is 0 Å². The molecule has 0 aliphatic heterocycles. The fourth-order valence-electron chi connectivity index (χ4n) is 3.61. The van der Waals surface area contributed by atoms with Crippen LogP contribution < -0.4 is 20.3 Å². The Bertz CT molecular complexity index is 1260. The molecule has 1 amide bonds. The second kappa shape index (κ2) is 11.2. The highest BCUT2D eigenvalue weighted by molar-refractivity contribution is 6.04. The zero-order chi connectivity index (χ0) is 24.6. The number of nitrogens with zero attached hydrogens (tertiary/aromatic N) is 3. The third kappa shape index (κ3) is 6.35. The predicted molar refractivity (Wildman–Crippen MR) is 141 cm³/mol. The molecule has 0 bridgehead atoms. The maximum Gasteiger partial charge on any atom is 0.255 e. The summed E-state index contributed by atoms with van der Waals surface area (Å²) in [7, 11) is 0. The minimum atomic E-state index is -0.188. The number of hydrogen-bond donors (Lipinski definition) is 2. The SMILES string of the molecule is CCN(CC)c1cc(Nc2ccc(NC(=O)c3ccc(Oc4ccccc4)cc3)cc2)nc(C)n1. The van der Waals surface area contributed by atoms with E-state index in [9.17, 15) is 4.79 Å². The number of ether oxygens (including phenoxy) is 1. The van der Waals surface area contributed by atoms with Crippen LogP contribution in [0.5, 0.6) is 11.5 Å². The summed E-state index contributed by atoms with van der Waals surface area (Å²) < 4.78 is 5.78. The molecular formula is C28H29N5O2. The molecule has 0 saturated carbocycles. The lowest BCUT2D eigenvalue weighted by Crippen LogP contribution is -2.23. The van der Waals surface area contributed by atoms with Gasteiger partial charge in [0.2, 0.25) is 0 Å². The van der Waals surface area contributed by atoms with Gasteiger partial charge < -0.3 is 20.3 Å². The largest absolute Gasteiger partial charge is 0.457 e. The Morgan fingerprint density at radius 1 is 0.829 bits per heavy atom. The molecule has 3 aromatic carbocycles. The highest BCUT2D eigenvalue weighted by Gasteiger charge is 2.09. The van der Waals surface area contributed by atoms with Crippen LogP contribution in [0.2, 0.25) is 0 Å². The van der Waals surface area contributed by atoms with Crippen LogP contribution >= 0.6 is 0 Å². The topological polar surface area (TPSA) is 79.4 Å². The summed E-state index contributed by atoms with van der Waals surface area (Å²) in [6.07, 6.45) is 0. The maximum absolute atomic E-state index is 12.7. The van der Waals surface area contributed by atoms with Gasteiger partial charge in [-0.3, -0.25) is 4.79 Å². The molecule has 35 heavy (non-hydrogen) atoms. The van der Waals surface area contributed by atoms with Crippen LogP contribution in [0.1, 0.15) is 30.0 Å². The molecule has 4 aromatic rings. The number of rotatable bonds is 9. The van der Waals surface area contributed by atoms with E-state index in [1.807, 2.05) is 67.6 Å². The molecule has 0 aliphatic carbocycles. The van der Waals surface area contributed by atoms with Gasteiger partial charge in [0.05, 0.1) is 0 Å². The molecule has 0 saturated heterocycles. The number of amides is 1. The summed E-state index contributed by atoms with van der Waals surface area (Å²) in [4.78, 5) is 23.9. The van der Waals surface area contributed by atoms with E-state index in [-0.39, 0.29) is 5.91 Å². The van der Waals surface area contributed by atoms with Gasteiger partial charge in [-0.2, -0.15) is 0 Å². The zero-order valence-corrected chi connectivity index (χ0v) is 20.2. The Morgan fingerprint density at radius 3 is 2.11 bits per heavy atom. The summed E-state index contributed by atoms with van der Waals surface area (Å²) >= 11 is 0. The van der Waals surface area contributed by atoms with E-state index in [4.69, 9.17) is 4.74 Å². The van der Waals surface area contributed by atoms with Crippen molar-refractivity contribution in [2.24, 2.45) is 0 Å². The van der Waals surface area contributed by atoms with Crippen molar-refractivity contribution in [2.45, 2.75) is 20.8 Å². The Labute approximate surface area is 205 Å². The van der Waals surface area contributed by atoms with Gasteiger partial charge in [-0.1, -0.05) is 18.2 Å². The van der Waals surface area contributed by atoms with Crippen molar-refractivity contribution in [3.05, 3.63) is 96.3 Å². The third-order valence-corrected chi connectivity index (χ3v) is 5.42. The van der Waals surface area contributed by atoms with Gasteiger partial charge in [-0.05, 0) is 81.4 Å². The van der Waals surface area contributed by atoms with Crippen LogP contribution in [0, 0.1) is 6.92 Å². The fourth-order valence-corrected chi connectivity index (χ4v) is 3.61. The van der Waals surface area contributed by atoms with Gasteiger partial charge >= 0.3 is 0 Å². The summed E-state index contributed by atoms with van der Waals surface area (Å²) in [5, 5.41) is 6.25. The number of nitrogens with one attached hydrogen (secondary N) is 2. The molecule has 0 spiro atoms. The number of para-hydroxylation sites is 1. The Balaban J connectivity index is 1.37. The van der Waals surface area contributed by atoms with Crippen molar-refractivity contribution in [3.8, 4) is 11.5 Å². The average Bonchev–Trinajstić information content (AvgIpc) is 2.87. The van der Waals surface area contributed by atoms with E-state index < -0.39 is 0 Å². The molecule has 0 unspecified atom stereocenters. The molecule has 7 heteroatoms. The van der Waals surface area contributed by atoms with E-state index in [1.54, 1.807) is 24.3 Å². The lowest BCUT2D eigenvalue weighted by Gasteiger charge is -2.20. The van der Waals surface area contributed by atoms with Crippen LogP contribution in [0.25, 0.3) is 0 Å². The Morgan fingerprint density at radius 2 is 1.46 bits per heavy atom. The smallest absolute Gasteiger partial charge is 0.255 e. The average molecular weight is 468 g/mol. The highest BCUT2D eigenvalue weighted by atomic mass is 16.5. The minimum Gasteiger partial charge on any atom is -0.457 e. The van der Waals surface area contributed by atoms with Crippen molar-refractivity contribution in [2.75, 3.05) is 28.6 Å². The maximum atomic E-state index is 12.7. The first kappa shape index (κ1) is 23.8. The predicted octanol–water partition coefficient (Wildman–Crippen LogP) is 6.42. The third-order valence-electron chi connectivity index (χ3n) is 5.42. The molecular weight excluding hydrogens is 438 g/mol. The molecule has 0 radical (unpaired) electrons.